The largest absolute Gasteiger partial charge is 0.340 e. The van der Waals surface area contributed by atoms with Crippen molar-refractivity contribution in [1.82, 2.24) is 9.47 Å². The number of rotatable bonds is 4. The summed E-state index contributed by atoms with van der Waals surface area (Å²) in [6, 6.07) is 20.1. The number of fused-ring (bicyclic) bond motifs is 2. The second-order valence-corrected chi connectivity index (χ2v) is 7.76. The zero-order valence-electron chi connectivity index (χ0n) is 15.7. The summed E-state index contributed by atoms with van der Waals surface area (Å²) in [6.07, 6.45) is 0. The third-order valence-corrected chi connectivity index (χ3v) is 5.74. The second-order valence-electron chi connectivity index (χ2n) is 6.95. The van der Waals surface area contributed by atoms with E-state index in [1.807, 2.05) is 47.0 Å². The highest BCUT2D eigenvalue weighted by Crippen LogP contribution is 2.23. The summed E-state index contributed by atoms with van der Waals surface area (Å²) in [7, 11) is 1.75. The lowest BCUT2D eigenvalue weighted by Crippen LogP contribution is -2.30. The van der Waals surface area contributed by atoms with Gasteiger partial charge in [0.1, 0.15) is 6.54 Å². The molecule has 1 amide bonds. The summed E-state index contributed by atoms with van der Waals surface area (Å²) >= 11 is 12.1. The molecule has 0 fully saturated rings. The van der Waals surface area contributed by atoms with E-state index in [0.29, 0.717) is 27.4 Å². The minimum atomic E-state index is -0.0740. The van der Waals surface area contributed by atoms with E-state index in [1.54, 1.807) is 36.2 Å². The fourth-order valence-corrected chi connectivity index (χ4v) is 3.82. The maximum atomic E-state index is 13.0. The van der Waals surface area contributed by atoms with Crippen LogP contribution in [-0.2, 0) is 17.9 Å². The standard InChI is InChI=1S/C23H18Cl2N2O2/c1-26(13-15-10-11-18(24)19(25)12-15)22(28)14-27-20-8-4-2-6-16(20)23(29)17-7-3-5-9-21(17)27/h2-12H,13-14H2,1H3. The van der Waals surface area contributed by atoms with Crippen molar-refractivity contribution < 1.29 is 4.79 Å². The summed E-state index contributed by atoms with van der Waals surface area (Å²) in [6.45, 7) is 0.533. The molecule has 1 heterocycles. The van der Waals surface area contributed by atoms with Crippen LogP contribution < -0.4 is 5.43 Å². The second kappa shape index (κ2) is 7.90. The molecule has 146 valence electrons. The Hall–Kier alpha value is -2.82. The number of likely N-dealkylation sites (N-methyl/N-ethyl adjacent to an activating group) is 1. The molecule has 0 aliphatic carbocycles. The highest BCUT2D eigenvalue weighted by molar-refractivity contribution is 6.42. The lowest BCUT2D eigenvalue weighted by Gasteiger charge is -2.21. The molecule has 4 aromatic rings. The summed E-state index contributed by atoms with van der Waals surface area (Å²) in [5, 5.41) is 2.15. The van der Waals surface area contributed by atoms with Crippen molar-refractivity contribution in [3.63, 3.8) is 0 Å². The molecule has 0 bridgehead atoms. The quantitative estimate of drug-likeness (QED) is 0.426. The first kappa shape index (κ1) is 19.5. The predicted octanol–water partition coefficient (Wildman–Crippen LogP) is 5.12. The predicted molar refractivity (Wildman–Crippen MR) is 119 cm³/mol. The number of amides is 1. The van der Waals surface area contributed by atoms with Gasteiger partial charge in [-0.2, -0.15) is 0 Å². The molecule has 0 radical (unpaired) electrons. The summed E-state index contributed by atoms with van der Waals surface area (Å²) in [5.74, 6) is -0.0740. The molecule has 3 aromatic carbocycles. The van der Waals surface area contributed by atoms with Crippen molar-refractivity contribution in [3.05, 3.63) is 92.6 Å². The van der Waals surface area contributed by atoms with Crippen LogP contribution >= 0.6 is 23.2 Å². The van der Waals surface area contributed by atoms with E-state index in [4.69, 9.17) is 23.2 Å². The molecule has 0 aliphatic heterocycles. The van der Waals surface area contributed by atoms with Gasteiger partial charge in [-0.3, -0.25) is 9.59 Å². The highest BCUT2D eigenvalue weighted by Gasteiger charge is 2.15. The average molecular weight is 425 g/mol. The van der Waals surface area contributed by atoms with Gasteiger partial charge in [0, 0.05) is 24.4 Å². The van der Waals surface area contributed by atoms with Gasteiger partial charge in [-0.05, 0) is 42.0 Å². The number of nitrogens with zero attached hydrogens (tertiary/aromatic N) is 2. The van der Waals surface area contributed by atoms with Crippen molar-refractivity contribution in [2.24, 2.45) is 0 Å². The van der Waals surface area contributed by atoms with Gasteiger partial charge in [0.05, 0.1) is 21.1 Å². The van der Waals surface area contributed by atoms with Crippen LogP contribution in [0.3, 0.4) is 0 Å². The van der Waals surface area contributed by atoms with Crippen LogP contribution in [0, 0.1) is 0 Å². The first-order valence-corrected chi connectivity index (χ1v) is 9.89. The Balaban J connectivity index is 1.71. The fourth-order valence-electron chi connectivity index (χ4n) is 3.50. The molecule has 29 heavy (non-hydrogen) atoms. The molecule has 0 spiro atoms. The van der Waals surface area contributed by atoms with Gasteiger partial charge in [-0.1, -0.05) is 53.5 Å². The van der Waals surface area contributed by atoms with Crippen LogP contribution in [-0.4, -0.2) is 22.4 Å². The Kier molecular flexibility index (Phi) is 5.31. The molecule has 0 saturated carbocycles. The molecular weight excluding hydrogens is 407 g/mol. The summed E-state index contributed by atoms with van der Waals surface area (Å²) in [5.41, 5.74) is 2.36. The van der Waals surface area contributed by atoms with E-state index >= 15 is 0 Å². The van der Waals surface area contributed by atoms with Crippen LogP contribution in [0.1, 0.15) is 5.56 Å². The van der Waals surface area contributed by atoms with Crippen molar-refractivity contribution in [1.29, 1.82) is 0 Å². The van der Waals surface area contributed by atoms with Crippen LogP contribution in [0.15, 0.2) is 71.5 Å². The van der Waals surface area contributed by atoms with Gasteiger partial charge in [0.25, 0.3) is 0 Å². The summed E-state index contributed by atoms with van der Waals surface area (Å²) < 4.78 is 1.90. The van der Waals surface area contributed by atoms with Crippen LogP contribution in [0.5, 0.6) is 0 Å². The molecule has 0 unspecified atom stereocenters. The van der Waals surface area contributed by atoms with E-state index in [2.05, 4.69) is 0 Å². The van der Waals surface area contributed by atoms with Crippen LogP contribution in [0.25, 0.3) is 21.8 Å². The molecular formula is C23H18Cl2N2O2. The zero-order chi connectivity index (χ0) is 20.5. The van der Waals surface area contributed by atoms with E-state index in [-0.39, 0.29) is 17.9 Å². The number of para-hydroxylation sites is 2. The SMILES string of the molecule is CN(Cc1ccc(Cl)c(Cl)c1)C(=O)Cn1c2ccccc2c(=O)c2ccccc21. The minimum absolute atomic E-state index is 0.0240. The Morgan fingerprint density at radius 1 is 0.897 bits per heavy atom. The number of aromatic nitrogens is 1. The number of benzene rings is 3. The van der Waals surface area contributed by atoms with E-state index in [9.17, 15) is 9.59 Å². The third kappa shape index (κ3) is 3.74. The first-order chi connectivity index (χ1) is 14.0. The molecule has 0 saturated heterocycles. The Labute approximate surface area is 177 Å². The number of halogens is 2. The van der Waals surface area contributed by atoms with Gasteiger partial charge in [-0.25, -0.2) is 0 Å². The first-order valence-electron chi connectivity index (χ1n) is 9.14. The van der Waals surface area contributed by atoms with Gasteiger partial charge < -0.3 is 9.47 Å². The van der Waals surface area contributed by atoms with Gasteiger partial charge >= 0.3 is 0 Å². The van der Waals surface area contributed by atoms with E-state index in [0.717, 1.165) is 16.6 Å². The molecule has 0 aliphatic rings. The van der Waals surface area contributed by atoms with E-state index < -0.39 is 0 Å². The van der Waals surface area contributed by atoms with Gasteiger partial charge in [-0.15, -0.1) is 0 Å². The summed E-state index contributed by atoms with van der Waals surface area (Å²) in [4.78, 5) is 27.5. The Morgan fingerprint density at radius 2 is 1.48 bits per heavy atom. The highest BCUT2D eigenvalue weighted by atomic mass is 35.5. The monoisotopic (exact) mass is 424 g/mol. The number of carbonyl (C=O) groups is 1. The number of hydrogen-bond donors (Lipinski definition) is 0. The van der Waals surface area contributed by atoms with Crippen molar-refractivity contribution in [2.45, 2.75) is 13.1 Å². The van der Waals surface area contributed by atoms with Crippen LogP contribution in [0.4, 0.5) is 0 Å². The molecule has 4 nitrogen and oxygen atoms in total. The minimum Gasteiger partial charge on any atom is -0.340 e. The van der Waals surface area contributed by atoms with Crippen LogP contribution in [0.2, 0.25) is 10.0 Å². The zero-order valence-corrected chi connectivity index (χ0v) is 17.2. The smallest absolute Gasteiger partial charge is 0.242 e. The van der Waals surface area contributed by atoms with Crippen molar-refractivity contribution >= 4 is 50.9 Å². The Bertz CT molecular complexity index is 1240. The molecule has 0 N–H and O–H groups in total. The maximum absolute atomic E-state index is 13.0. The molecule has 0 atom stereocenters. The topological polar surface area (TPSA) is 42.3 Å². The lowest BCUT2D eigenvalue weighted by molar-refractivity contribution is -0.130. The average Bonchev–Trinajstić information content (AvgIpc) is 2.73. The van der Waals surface area contributed by atoms with Crippen molar-refractivity contribution in [3.8, 4) is 0 Å². The molecule has 1 aromatic heterocycles. The number of carbonyl (C=O) groups excluding carboxylic acids is 1. The fraction of sp³-hybridized carbons (Fsp3) is 0.130. The number of hydrogen-bond acceptors (Lipinski definition) is 2. The van der Waals surface area contributed by atoms with E-state index in [1.165, 1.54) is 0 Å². The van der Waals surface area contributed by atoms with Gasteiger partial charge in [0.15, 0.2) is 5.43 Å². The lowest BCUT2D eigenvalue weighted by atomic mass is 10.1. The maximum Gasteiger partial charge on any atom is 0.242 e. The Morgan fingerprint density at radius 3 is 2.07 bits per heavy atom. The van der Waals surface area contributed by atoms with Crippen molar-refractivity contribution in [2.75, 3.05) is 7.05 Å². The van der Waals surface area contributed by atoms with Gasteiger partial charge in [0.2, 0.25) is 5.91 Å². The molecule has 6 heteroatoms. The normalized spacial score (nSPS) is 11.1. The third-order valence-electron chi connectivity index (χ3n) is 5.00. The molecule has 4 rings (SSSR count). The number of pyridine rings is 1.